The van der Waals surface area contributed by atoms with Crippen molar-refractivity contribution in [3.8, 4) is 0 Å². The van der Waals surface area contributed by atoms with Gasteiger partial charge in [0.1, 0.15) is 5.76 Å². The van der Waals surface area contributed by atoms with Crippen LogP contribution >= 0.6 is 11.8 Å². The molecule has 78 valence electrons. The number of carbonyl (C=O) groups excluding carboxylic acids is 1. The van der Waals surface area contributed by atoms with E-state index in [-0.39, 0.29) is 5.76 Å². The van der Waals surface area contributed by atoms with Gasteiger partial charge in [0.25, 0.3) is 0 Å². The van der Waals surface area contributed by atoms with Crippen molar-refractivity contribution in [1.82, 2.24) is 0 Å². The summed E-state index contributed by atoms with van der Waals surface area (Å²) in [6, 6.07) is 3.39. The summed E-state index contributed by atoms with van der Waals surface area (Å²) < 4.78 is 9.76. The van der Waals surface area contributed by atoms with Gasteiger partial charge >= 0.3 is 5.97 Å². The van der Waals surface area contributed by atoms with Gasteiger partial charge in [0.15, 0.2) is 0 Å². The van der Waals surface area contributed by atoms with E-state index in [0.717, 1.165) is 17.3 Å². The predicted octanol–water partition coefficient (Wildman–Crippen LogP) is 1.26. The fourth-order valence-electron chi connectivity index (χ4n) is 0.922. The highest BCUT2D eigenvalue weighted by atomic mass is 32.2. The van der Waals surface area contributed by atoms with Crippen LogP contribution in [0.25, 0.3) is 0 Å². The number of ether oxygens (including phenoxy) is 1. The number of hydrogen-bond donors (Lipinski definition) is 1. The summed E-state index contributed by atoms with van der Waals surface area (Å²) in [7, 11) is 1.33. The summed E-state index contributed by atoms with van der Waals surface area (Å²) in [6.45, 7) is 0.648. The van der Waals surface area contributed by atoms with Crippen molar-refractivity contribution in [1.29, 1.82) is 0 Å². The Kier molecular flexibility index (Phi) is 4.55. The Labute approximate surface area is 86.8 Å². The minimum absolute atomic E-state index is 0.246. The summed E-state index contributed by atoms with van der Waals surface area (Å²) >= 11 is 1.67. The van der Waals surface area contributed by atoms with E-state index in [1.807, 2.05) is 0 Å². The maximum atomic E-state index is 11.0. The van der Waals surface area contributed by atoms with E-state index in [0.29, 0.717) is 6.54 Å². The molecule has 0 spiro atoms. The maximum absolute atomic E-state index is 11.0. The van der Waals surface area contributed by atoms with Gasteiger partial charge in [-0.1, -0.05) is 0 Å². The van der Waals surface area contributed by atoms with Gasteiger partial charge in [-0.05, 0) is 12.1 Å². The zero-order valence-electron chi connectivity index (χ0n) is 7.99. The van der Waals surface area contributed by atoms with Gasteiger partial charge < -0.3 is 14.9 Å². The summed E-state index contributed by atoms with van der Waals surface area (Å²) in [5.41, 5.74) is 5.34. The first-order chi connectivity index (χ1) is 6.77. The van der Waals surface area contributed by atoms with Gasteiger partial charge in [0.2, 0.25) is 5.76 Å². The van der Waals surface area contributed by atoms with E-state index in [1.165, 1.54) is 7.11 Å². The molecular formula is C9H13NO3S. The molecule has 14 heavy (non-hydrogen) atoms. The van der Waals surface area contributed by atoms with Crippen molar-refractivity contribution in [2.24, 2.45) is 5.73 Å². The molecule has 0 aliphatic carbocycles. The van der Waals surface area contributed by atoms with Gasteiger partial charge in [-0.15, -0.1) is 0 Å². The molecule has 0 amide bonds. The van der Waals surface area contributed by atoms with Crippen molar-refractivity contribution in [3.63, 3.8) is 0 Å². The third kappa shape index (κ3) is 3.08. The van der Waals surface area contributed by atoms with Crippen LogP contribution in [-0.2, 0) is 10.5 Å². The molecule has 0 saturated heterocycles. The van der Waals surface area contributed by atoms with Crippen LogP contribution in [0.2, 0.25) is 0 Å². The van der Waals surface area contributed by atoms with E-state index in [2.05, 4.69) is 4.74 Å². The molecule has 0 aliphatic heterocycles. The average molecular weight is 215 g/mol. The van der Waals surface area contributed by atoms with Crippen LogP contribution in [0.4, 0.5) is 0 Å². The fraction of sp³-hybridized carbons (Fsp3) is 0.444. The largest absolute Gasteiger partial charge is 0.463 e. The Morgan fingerprint density at radius 1 is 1.64 bits per heavy atom. The third-order valence-corrected chi connectivity index (χ3v) is 2.57. The number of esters is 1. The molecule has 0 aliphatic rings. The standard InChI is InChI=1S/C9H13NO3S/c1-12-9(11)8-3-2-7(13-8)6-14-5-4-10/h2-3H,4-6,10H2,1H3. The zero-order chi connectivity index (χ0) is 10.4. The Bertz CT molecular complexity index is 298. The lowest BCUT2D eigenvalue weighted by atomic mass is 10.4. The van der Waals surface area contributed by atoms with Gasteiger partial charge in [-0.3, -0.25) is 0 Å². The Balaban J connectivity index is 2.46. The Hall–Kier alpha value is -0.940. The third-order valence-electron chi connectivity index (χ3n) is 1.55. The van der Waals surface area contributed by atoms with Crippen LogP contribution in [0.5, 0.6) is 0 Å². The van der Waals surface area contributed by atoms with Gasteiger partial charge in [-0.25, -0.2) is 4.79 Å². The number of methoxy groups -OCH3 is 1. The van der Waals surface area contributed by atoms with E-state index < -0.39 is 5.97 Å². The highest BCUT2D eigenvalue weighted by molar-refractivity contribution is 7.98. The second-order valence-corrected chi connectivity index (χ2v) is 3.70. The number of rotatable bonds is 5. The molecule has 5 heteroatoms. The SMILES string of the molecule is COC(=O)c1ccc(CSCCN)o1. The number of nitrogens with two attached hydrogens (primary N) is 1. The number of carbonyl (C=O) groups is 1. The van der Waals surface area contributed by atoms with E-state index >= 15 is 0 Å². The Morgan fingerprint density at radius 3 is 3.07 bits per heavy atom. The topological polar surface area (TPSA) is 65.5 Å². The van der Waals surface area contributed by atoms with Crippen LogP contribution < -0.4 is 5.73 Å². The zero-order valence-corrected chi connectivity index (χ0v) is 8.80. The number of furan rings is 1. The minimum Gasteiger partial charge on any atom is -0.463 e. The molecule has 0 unspecified atom stereocenters. The molecule has 1 aromatic heterocycles. The first kappa shape index (κ1) is 11.1. The molecule has 1 rings (SSSR count). The highest BCUT2D eigenvalue weighted by Crippen LogP contribution is 2.15. The molecule has 0 radical (unpaired) electrons. The molecule has 0 aromatic carbocycles. The minimum atomic E-state index is -0.444. The Morgan fingerprint density at radius 2 is 2.43 bits per heavy atom. The first-order valence-electron chi connectivity index (χ1n) is 4.22. The monoisotopic (exact) mass is 215 g/mol. The smallest absolute Gasteiger partial charge is 0.373 e. The highest BCUT2D eigenvalue weighted by Gasteiger charge is 2.10. The lowest BCUT2D eigenvalue weighted by Crippen LogP contribution is -2.01. The van der Waals surface area contributed by atoms with Crippen molar-refractivity contribution in [3.05, 3.63) is 23.7 Å². The molecule has 2 N–H and O–H groups in total. The predicted molar refractivity (Wildman–Crippen MR) is 55.3 cm³/mol. The molecule has 1 aromatic rings. The lowest BCUT2D eigenvalue weighted by molar-refractivity contribution is 0.0563. The molecule has 0 fully saturated rings. The van der Waals surface area contributed by atoms with Crippen molar-refractivity contribution < 1.29 is 13.9 Å². The van der Waals surface area contributed by atoms with Gasteiger partial charge in [-0.2, -0.15) is 11.8 Å². The fourth-order valence-corrected chi connectivity index (χ4v) is 1.59. The summed E-state index contributed by atoms with van der Waals surface area (Å²) in [5.74, 6) is 2.18. The van der Waals surface area contributed by atoms with E-state index in [9.17, 15) is 4.79 Å². The second-order valence-electron chi connectivity index (χ2n) is 2.60. The summed E-state index contributed by atoms with van der Waals surface area (Å²) in [4.78, 5) is 11.0. The van der Waals surface area contributed by atoms with Crippen LogP contribution in [0, 0.1) is 0 Å². The van der Waals surface area contributed by atoms with E-state index in [4.69, 9.17) is 10.2 Å². The van der Waals surface area contributed by atoms with Crippen molar-refractivity contribution >= 4 is 17.7 Å². The molecule has 0 atom stereocenters. The van der Waals surface area contributed by atoms with Crippen LogP contribution in [0.15, 0.2) is 16.5 Å². The average Bonchev–Trinajstić information content (AvgIpc) is 2.66. The number of thioether (sulfide) groups is 1. The molecule has 1 heterocycles. The van der Waals surface area contributed by atoms with Crippen LogP contribution in [0.3, 0.4) is 0 Å². The lowest BCUT2D eigenvalue weighted by Gasteiger charge is -1.96. The van der Waals surface area contributed by atoms with Crippen molar-refractivity contribution in [2.45, 2.75) is 5.75 Å². The van der Waals surface area contributed by atoms with Gasteiger partial charge in [0.05, 0.1) is 12.9 Å². The summed E-state index contributed by atoms with van der Waals surface area (Å²) in [6.07, 6.45) is 0. The number of hydrogen-bond acceptors (Lipinski definition) is 5. The normalized spacial score (nSPS) is 10.1. The van der Waals surface area contributed by atoms with Gasteiger partial charge in [0, 0.05) is 12.3 Å². The van der Waals surface area contributed by atoms with E-state index in [1.54, 1.807) is 23.9 Å². The van der Waals surface area contributed by atoms with Crippen molar-refractivity contribution in [2.75, 3.05) is 19.4 Å². The quantitative estimate of drug-likeness (QED) is 0.591. The molecule has 4 nitrogen and oxygen atoms in total. The summed E-state index contributed by atoms with van der Waals surface area (Å²) in [5, 5.41) is 0. The maximum Gasteiger partial charge on any atom is 0.373 e. The molecule has 0 bridgehead atoms. The molecule has 0 saturated carbocycles. The first-order valence-corrected chi connectivity index (χ1v) is 5.38. The second kappa shape index (κ2) is 5.72. The van der Waals surface area contributed by atoms with Crippen LogP contribution in [0.1, 0.15) is 16.3 Å². The van der Waals surface area contributed by atoms with Crippen LogP contribution in [-0.4, -0.2) is 25.4 Å². The molecular weight excluding hydrogens is 202 g/mol.